The van der Waals surface area contributed by atoms with E-state index >= 15 is 0 Å². The van der Waals surface area contributed by atoms with Crippen LogP contribution in [0.15, 0.2) is 101 Å². The van der Waals surface area contributed by atoms with Gasteiger partial charge in [0.2, 0.25) is 0 Å². The summed E-state index contributed by atoms with van der Waals surface area (Å²) in [5, 5.41) is 10.9. The Morgan fingerprint density at radius 1 is 0.500 bits per heavy atom. The first-order valence-corrected chi connectivity index (χ1v) is 9.46. The van der Waals surface area contributed by atoms with Crippen LogP contribution in [0.1, 0.15) is 0 Å². The van der Waals surface area contributed by atoms with Gasteiger partial charge in [-0.05, 0) is 46.5 Å². The Kier molecular flexibility index (Phi) is 3.20. The van der Waals surface area contributed by atoms with E-state index in [0.29, 0.717) is 0 Å². The minimum Gasteiger partial charge on any atom is -0.456 e. The Labute approximate surface area is 162 Å². The number of hydrogen-bond donors (Lipinski definition) is 1. The van der Waals surface area contributed by atoms with E-state index in [1.54, 1.807) is 0 Å². The number of para-hydroxylation sites is 1. The normalized spacial score (nSPS) is 11.6. The van der Waals surface area contributed by atoms with Crippen LogP contribution in [-0.2, 0) is 0 Å². The fourth-order valence-corrected chi connectivity index (χ4v) is 4.12. The third kappa shape index (κ3) is 2.28. The molecule has 0 saturated heterocycles. The SMILES string of the molecule is c1ccc2c(c1)cc(Nc1ccc3oc4ccccc4c3c1)c1ccccc12. The Balaban J connectivity index is 1.55. The zero-order valence-corrected chi connectivity index (χ0v) is 15.1. The van der Waals surface area contributed by atoms with Crippen molar-refractivity contribution in [2.75, 3.05) is 5.32 Å². The van der Waals surface area contributed by atoms with Gasteiger partial charge < -0.3 is 9.73 Å². The fourth-order valence-electron chi connectivity index (χ4n) is 4.12. The highest BCUT2D eigenvalue weighted by Crippen LogP contribution is 2.35. The van der Waals surface area contributed by atoms with Crippen LogP contribution in [-0.4, -0.2) is 0 Å². The smallest absolute Gasteiger partial charge is 0.135 e. The van der Waals surface area contributed by atoms with Gasteiger partial charge in [0.1, 0.15) is 11.2 Å². The average Bonchev–Trinajstić information content (AvgIpc) is 3.12. The molecule has 132 valence electrons. The van der Waals surface area contributed by atoms with Gasteiger partial charge in [-0.25, -0.2) is 0 Å². The largest absolute Gasteiger partial charge is 0.456 e. The van der Waals surface area contributed by atoms with E-state index in [2.05, 4.69) is 78.1 Å². The molecular weight excluding hydrogens is 342 g/mol. The van der Waals surface area contributed by atoms with Crippen LogP contribution >= 0.6 is 0 Å². The minimum atomic E-state index is 0.912. The van der Waals surface area contributed by atoms with Gasteiger partial charge in [-0.1, -0.05) is 66.7 Å². The molecule has 0 saturated carbocycles. The highest BCUT2D eigenvalue weighted by atomic mass is 16.3. The van der Waals surface area contributed by atoms with Crippen molar-refractivity contribution in [1.82, 2.24) is 0 Å². The molecule has 6 rings (SSSR count). The second-order valence-corrected chi connectivity index (χ2v) is 7.13. The van der Waals surface area contributed by atoms with E-state index in [4.69, 9.17) is 4.42 Å². The first-order chi connectivity index (χ1) is 13.9. The lowest BCUT2D eigenvalue weighted by Gasteiger charge is -2.13. The molecule has 0 unspecified atom stereocenters. The maximum atomic E-state index is 5.96. The van der Waals surface area contributed by atoms with Crippen LogP contribution in [0.5, 0.6) is 0 Å². The molecule has 0 amide bonds. The second-order valence-electron chi connectivity index (χ2n) is 7.13. The predicted octanol–water partition coefficient (Wildman–Crippen LogP) is 7.64. The first-order valence-electron chi connectivity index (χ1n) is 9.46. The average molecular weight is 359 g/mol. The first kappa shape index (κ1) is 15.3. The molecule has 1 heterocycles. The molecule has 0 atom stereocenters. The van der Waals surface area contributed by atoms with Crippen molar-refractivity contribution in [2.45, 2.75) is 0 Å². The quantitative estimate of drug-likeness (QED) is 0.321. The van der Waals surface area contributed by atoms with Gasteiger partial charge >= 0.3 is 0 Å². The van der Waals surface area contributed by atoms with Crippen LogP contribution < -0.4 is 5.32 Å². The van der Waals surface area contributed by atoms with Crippen LogP contribution in [0.4, 0.5) is 11.4 Å². The minimum absolute atomic E-state index is 0.912. The summed E-state index contributed by atoms with van der Waals surface area (Å²) in [6, 6.07) is 33.8. The highest BCUT2D eigenvalue weighted by Gasteiger charge is 2.09. The molecule has 1 N–H and O–H groups in total. The van der Waals surface area contributed by atoms with Gasteiger partial charge in [0, 0.05) is 27.5 Å². The predicted molar refractivity (Wildman–Crippen MR) is 118 cm³/mol. The van der Waals surface area contributed by atoms with Gasteiger partial charge in [-0.2, -0.15) is 0 Å². The van der Waals surface area contributed by atoms with E-state index in [9.17, 15) is 0 Å². The molecule has 0 radical (unpaired) electrons. The highest BCUT2D eigenvalue weighted by molar-refractivity contribution is 6.13. The summed E-state index contributed by atoms with van der Waals surface area (Å²) < 4.78 is 5.96. The molecule has 1 aromatic heterocycles. The zero-order chi connectivity index (χ0) is 18.5. The summed E-state index contributed by atoms with van der Waals surface area (Å²) in [4.78, 5) is 0. The van der Waals surface area contributed by atoms with Gasteiger partial charge in [0.15, 0.2) is 0 Å². The van der Waals surface area contributed by atoms with Gasteiger partial charge in [0.25, 0.3) is 0 Å². The Morgan fingerprint density at radius 3 is 2.07 bits per heavy atom. The lowest BCUT2D eigenvalue weighted by Crippen LogP contribution is -1.92. The van der Waals surface area contributed by atoms with Crippen LogP contribution in [0.25, 0.3) is 43.5 Å². The Hall–Kier alpha value is -3.78. The van der Waals surface area contributed by atoms with E-state index in [-0.39, 0.29) is 0 Å². The maximum Gasteiger partial charge on any atom is 0.135 e. The van der Waals surface area contributed by atoms with Crippen molar-refractivity contribution in [3.05, 3.63) is 97.1 Å². The molecule has 2 nitrogen and oxygen atoms in total. The molecule has 28 heavy (non-hydrogen) atoms. The molecular formula is C26H17NO. The number of nitrogens with one attached hydrogen (secondary N) is 1. The molecule has 0 bridgehead atoms. The molecule has 0 aliphatic heterocycles. The Bertz CT molecular complexity index is 1490. The number of furan rings is 1. The molecule has 0 aliphatic carbocycles. The van der Waals surface area contributed by atoms with Crippen molar-refractivity contribution < 1.29 is 4.42 Å². The number of anilines is 2. The number of fused-ring (bicyclic) bond motifs is 6. The van der Waals surface area contributed by atoms with Crippen LogP contribution in [0.2, 0.25) is 0 Å². The summed E-state index contributed by atoms with van der Waals surface area (Å²) in [6.07, 6.45) is 0. The van der Waals surface area contributed by atoms with E-state index in [0.717, 1.165) is 33.3 Å². The topological polar surface area (TPSA) is 25.2 Å². The van der Waals surface area contributed by atoms with E-state index in [1.807, 2.05) is 24.3 Å². The number of rotatable bonds is 2. The lowest BCUT2D eigenvalue weighted by atomic mass is 10.00. The summed E-state index contributed by atoms with van der Waals surface area (Å²) in [5.41, 5.74) is 4.00. The third-order valence-corrected chi connectivity index (χ3v) is 5.42. The summed E-state index contributed by atoms with van der Waals surface area (Å²) in [6.45, 7) is 0. The van der Waals surface area contributed by atoms with Crippen molar-refractivity contribution >= 4 is 54.9 Å². The van der Waals surface area contributed by atoms with Crippen molar-refractivity contribution in [1.29, 1.82) is 0 Å². The molecule has 5 aromatic carbocycles. The third-order valence-electron chi connectivity index (χ3n) is 5.42. The van der Waals surface area contributed by atoms with Crippen LogP contribution in [0, 0.1) is 0 Å². The van der Waals surface area contributed by atoms with Crippen LogP contribution in [0.3, 0.4) is 0 Å². The fraction of sp³-hybridized carbons (Fsp3) is 0. The molecule has 6 aromatic rings. The number of benzene rings is 5. The Morgan fingerprint density at radius 2 is 1.18 bits per heavy atom. The van der Waals surface area contributed by atoms with Crippen molar-refractivity contribution in [3.63, 3.8) is 0 Å². The summed E-state index contributed by atoms with van der Waals surface area (Å²) >= 11 is 0. The monoisotopic (exact) mass is 359 g/mol. The number of hydrogen-bond acceptors (Lipinski definition) is 2. The zero-order valence-electron chi connectivity index (χ0n) is 15.1. The van der Waals surface area contributed by atoms with Gasteiger partial charge in [0.05, 0.1) is 0 Å². The standard InChI is InChI=1S/C26H17NO/c1-2-8-19-17(7-1)15-24(21-10-4-3-9-20(19)21)27-18-13-14-26-23(16-18)22-11-5-6-12-25(22)28-26/h1-16,27H. The van der Waals surface area contributed by atoms with Gasteiger partial charge in [-0.3, -0.25) is 0 Å². The second kappa shape index (κ2) is 5.86. The molecule has 0 fully saturated rings. The molecule has 0 aliphatic rings. The summed E-state index contributed by atoms with van der Waals surface area (Å²) in [7, 11) is 0. The summed E-state index contributed by atoms with van der Waals surface area (Å²) in [5.74, 6) is 0. The molecule has 0 spiro atoms. The maximum absolute atomic E-state index is 5.96. The lowest BCUT2D eigenvalue weighted by molar-refractivity contribution is 0.669. The van der Waals surface area contributed by atoms with E-state index in [1.165, 1.54) is 21.5 Å². The van der Waals surface area contributed by atoms with Gasteiger partial charge in [-0.15, -0.1) is 0 Å². The van der Waals surface area contributed by atoms with Crippen molar-refractivity contribution in [2.24, 2.45) is 0 Å². The van der Waals surface area contributed by atoms with E-state index < -0.39 is 0 Å². The van der Waals surface area contributed by atoms with Crippen molar-refractivity contribution in [3.8, 4) is 0 Å². The molecule has 2 heteroatoms.